The summed E-state index contributed by atoms with van der Waals surface area (Å²) < 4.78 is 110. The number of hydrogen-bond donors (Lipinski definition) is 0. The van der Waals surface area contributed by atoms with Crippen LogP contribution < -0.4 is 0 Å². The van der Waals surface area contributed by atoms with Gasteiger partial charge in [0.2, 0.25) is 0 Å². The fourth-order valence-corrected chi connectivity index (χ4v) is 6.28. The third-order valence-corrected chi connectivity index (χ3v) is 8.05. The Bertz CT molecular complexity index is 3090. The van der Waals surface area contributed by atoms with E-state index >= 15 is 0 Å². The summed E-state index contributed by atoms with van der Waals surface area (Å²) in [5, 5.41) is 3.96. The zero-order valence-corrected chi connectivity index (χ0v) is 22.5. The second-order valence-corrected chi connectivity index (χ2v) is 10.3. The van der Waals surface area contributed by atoms with Crippen LogP contribution in [-0.2, 0) is 0 Å². The molecule has 0 aliphatic rings. The van der Waals surface area contributed by atoms with Crippen LogP contribution in [-0.4, -0.2) is 0 Å². The van der Waals surface area contributed by atoms with Gasteiger partial charge in [-0.25, -0.2) is 0 Å². The van der Waals surface area contributed by atoms with Crippen LogP contribution >= 0.6 is 0 Å². The molecular weight excluding hydrogens is 520 g/mol. The largest absolute Gasteiger partial charge is 0.456 e. The van der Waals surface area contributed by atoms with E-state index in [4.69, 9.17) is 19.5 Å². The molecule has 1 aromatic heterocycles. The van der Waals surface area contributed by atoms with Gasteiger partial charge in [0, 0.05) is 10.8 Å². The first-order valence-electron chi connectivity index (χ1n) is 19.8. The molecule has 0 spiro atoms. The minimum absolute atomic E-state index is 0.00604. The molecule has 0 amide bonds. The summed E-state index contributed by atoms with van der Waals surface area (Å²) in [5.41, 5.74) is 3.72. The van der Waals surface area contributed by atoms with E-state index in [-0.39, 0.29) is 40.0 Å². The first-order valence-corrected chi connectivity index (χ1v) is 13.8. The summed E-state index contributed by atoms with van der Waals surface area (Å²) in [6.45, 7) is 0. The van der Waals surface area contributed by atoms with E-state index in [1.54, 1.807) is 18.2 Å². The first kappa shape index (κ1) is 15.0. The predicted molar refractivity (Wildman–Crippen MR) is 183 cm³/mol. The van der Waals surface area contributed by atoms with E-state index in [0.717, 1.165) is 21.9 Å². The topological polar surface area (TPSA) is 13.1 Å². The maximum Gasteiger partial charge on any atom is 0.136 e. The third kappa shape index (κ3) is 3.65. The van der Waals surface area contributed by atoms with Crippen molar-refractivity contribution in [2.45, 2.75) is 0 Å². The maximum absolute atomic E-state index is 9.19. The van der Waals surface area contributed by atoms with E-state index in [1.807, 2.05) is 66.7 Å². The Kier molecular flexibility index (Phi) is 3.29. The second-order valence-electron chi connectivity index (χ2n) is 10.3. The van der Waals surface area contributed by atoms with E-state index in [9.17, 15) is 1.37 Å². The van der Waals surface area contributed by atoms with Gasteiger partial charge < -0.3 is 4.42 Å². The second kappa shape index (κ2) is 9.44. The average Bonchev–Trinajstić information content (AvgIpc) is 3.57. The van der Waals surface area contributed by atoms with Gasteiger partial charge in [0.25, 0.3) is 0 Å². The lowest BCUT2D eigenvalue weighted by atomic mass is 9.84. The van der Waals surface area contributed by atoms with Crippen molar-refractivity contribution in [2.75, 3.05) is 0 Å². The Morgan fingerprint density at radius 2 is 1.09 bits per heavy atom. The lowest BCUT2D eigenvalue weighted by Gasteiger charge is -2.18. The number of fused-ring (bicyclic) bond motifs is 6. The molecular formula is C42H26O. The molecule has 0 bridgehead atoms. The first-order chi connectivity index (χ1) is 26.3. The van der Waals surface area contributed by atoms with Crippen LogP contribution in [0.15, 0.2) is 162 Å². The molecule has 200 valence electrons. The van der Waals surface area contributed by atoms with Crippen molar-refractivity contribution in [1.82, 2.24) is 0 Å². The summed E-state index contributed by atoms with van der Waals surface area (Å²) in [7, 11) is 0. The quantitative estimate of drug-likeness (QED) is 0.197. The van der Waals surface area contributed by atoms with Gasteiger partial charge in [-0.1, -0.05) is 139 Å². The van der Waals surface area contributed by atoms with E-state index in [1.165, 1.54) is 0 Å². The minimum Gasteiger partial charge on any atom is -0.456 e. The molecule has 1 nitrogen and oxygen atoms in total. The maximum atomic E-state index is 9.19. The molecule has 0 N–H and O–H groups in total. The summed E-state index contributed by atoms with van der Waals surface area (Å²) in [5.74, 6) is 0. The number of furan rings is 1. The molecule has 43 heavy (non-hydrogen) atoms. The van der Waals surface area contributed by atoms with Crippen molar-refractivity contribution >= 4 is 54.3 Å². The molecule has 0 radical (unpaired) electrons. The zero-order chi connectivity index (χ0) is 38.8. The van der Waals surface area contributed by atoms with Crippen molar-refractivity contribution in [1.29, 1.82) is 0 Å². The van der Waals surface area contributed by atoms with Crippen LogP contribution in [0.3, 0.4) is 0 Å². The molecule has 0 atom stereocenters. The molecule has 9 aromatic rings. The predicted octanol–water partition coefficient (Wildman–Crippen LogP) is 12.0. The highest BCUT2D eigenvalue weighted by atomic mass is 16.3. The summed E-state index contributed by atoms with van der Waals surface area (Å²) in [4.78, 5) is 0. The summed E-state index contributed by atoms with van der Waals surface area (Å²) >= 11 is 0. The molecule has 0 saturated heterocycles. The SMILES string of the molecule is [2H]c1c([2H])c([2H])c(-c2cccc3oc4ccc(-c5c6ccccc6c(-c6c([2H])c([2H])c([2H])c7c([2H])c([2H])c([2H])c([2H])c67)c6ccccc56)cc4c23)c([2H])c1[2H]. The number of hydrogen-bond acceptors (Lipinski definition) is 1. The Hall–Kier alpha value is -5.66. The van der Waals surface area contributed by atoms with Crippen LogP contribution in [0.2, 0.25) is 0 Å². The average molecular weight is 559 g/mol. The van der Waals surface area contributed by atoms with E-state index in [0.29, 0.717) is 43.8 Å². The van der Waals surface area contributed by atoms with Gasteiger partial charge in [0.1, 0.15) is 11.2 Å². The van der Waals surface area contributed by atoms with Crippen molar-refractivity contribution < 1.29 is 20.9 Å². The number of benzene rings is 8. The van der Waals surface area contributed by atoms with Gasteiger partial charge >= 0.3 is 0 Å². The van der Waals surface area contributed by atoms with E-state index < -0.39 is 54.4 Å². The zero-order valence-electron chi connectivity index (χ0n) is 34.5. The van der Waals surface area contributed by atoms with Crippen molar-refractivity contribution in [3.8, 4) is 33.4 Å². The Labute approximate surface area is 266 Å². The highest BCUT2D eigenvalue weighted by molar-refractivity contribution is 6.24. The lowest BCUT2D eigenvalue weighted by Crippen LogP contribution is -1.91. The highest BCUT2D eigenvalue weighted by Crippen LogP contribution is 2.46. The highest BCUT2D eigenvalue weighted by Gasteiger charge is 2.19. The molecule has 0 unspecified atom stereocenters. The molecule has 0 aliphatic heterocycles. The van der Waals surface area contributed by atoms with Crippen molar-refractivity contribution in [2.24, 2.45) is 0 Å². The van der Waals surface area contributed by atoms with Crippen LogP contribution in [0.4, 0.5) is 0 Å². The fraction of sp³-hybridized carbons (Fsp3) is 0. The Balaban J connectivity index is 1.41. The molecule has 1 heteroatoms. The van der Waals surface area contributed by atoms with Gasteiger partial charge in [-0.3, -0.25) is 0 Å². The van der Waals surface area contributed by atoms with Crippen molar-refractivity contribution in [3.63, 3.8) is 0 Å². The van der Waals surface area contributed by atoms with Gasteiger partial charge in [0.15, 0.2) is 0 Å². The molecule has 0 fully saturated rings. The molecule has 8 aromatic carbocycles. The van der Waals surface area contributed by atoms with Gasteiger partial charge in [-0.05, 0) is 83.9 Å². The lowest BCUT2D eigenvalue weighted by molar-refractivity contribution is 0.669. The monoisotopic (exact) mass is 558 g/mol. The normalized spacial score (nSPS) is 15.6. The Morgan fingerprint density at radius 1 is 0.419 bits per heavy atom. The standard InChI is InChI=1S/C42H26O/c1-2-12-28(13-3-1)31-21-11-23-39-42(31)37-26-29(24-25-38(37)43-39)40-33-17-6-8-19-35(33)41(36-20-9-7-18-34(36)40)32-22-10-15-27-14-4-5-16-30(27)32/h1-26H/i1D,2D,3D,4D,5D,10D,12D,13D,14D,15D,16D,22D. The molecule has 0 aliphatic carbocycles. The van der Waals surface area contributed by atoms with Gasteiger partial charge in [-0.2, -0.15) is 0 Å². The van der Waals surface area contributed by atoms with Gasteiger partial charge in [-0.15, -0.1) is 0 Å². The van der Waals surface area contributed by atoms with Crippen LogP contribution in [0.25, 0.3) is 87.6 Å². The van der Waals surface area contributed by atoms with Crippen LogP contribution in [0.1, 0.15) is 16.4 Å². The molecule has 0 saturated carbocycles. The minimum atomic E-state index is -0.518. The van der Waals surface area contributed by atoms with E-state index in [2.05, 4.69) is 0 Å². The summed E-state index contributed by atoms with van der Waals surface area (Å²) in [6.07, 6.45) is 0. The number of rotatable bonds is 3. The molecule has 1 heterocycles. The summed E-state index contributed by atoms with van der Waals surface area (Å²) in [6, 6.07) is 20.9. The van der Waals surface area contributed by atoms with Crippen LogP contribution in [0.5, 0.6) is 0 Å². The Morgan fingerprint density at radius 3 is 1.86 bits per heavy atom. The fourth-order valence-electron chi connectivity index (χ4n) is 6.28. The van der Waals surface area contributed by atoms with Crippen LogP contribution in [0, 0.1) is 0 Å². The smallest absolute Gasteiger partial charge is 0.136 e. The van der Waals surface area contributed by atoms with Crippen molar-refractivity contribution in [3.05, 3.63) is 157 Å². The molecule has 9 rings (SSSR count). The van der Waals surface area contributed by atoms with Gasteiger partial charge in [0.05, 0.1) is 16.4 Å². The third-order valence-electron chi connectivity index (χ3n) is 8.05.